The fourth-order valence-corrected chi connectivity index (χ4v) is 2.22. The zero-order chi connectivity index (χ0) is 9.14. The van der Waals surface area contributed by atoms with Crippen LogP contribution < -0.4 is 0 Å². The van der Waals surface area contributed by atoms with Gasteiger partial charge in [0.05, 0.1) is 6.54 Å². The van der Waals surface area contributed by atoms with Crippen LogP contribution in [0.3, 0.4) is 0 Å². The summed E-state index contributed by atoms with van der Waals surface area (Å²) in [5, 5.41) is 0. The molecule has 0 unspecified atom stereocenters. The Hall–Kier alpha value is -0.130. The average Bonchev–Trinajstić information content (AvgIpc) is 2.33. The summed E-state index contributed by atoms with van der Waals surface area (Å²) in [6.07, 6.45) is 0. The lowest BCUT2D eigenvalue weighted by Crippen LogP contribution is -2.37. The van der Waals surface area contributed by atoms with Crippen molar-refractivity contribution in [3.05, 3.63) is 0 Å². The third-order valence-electron chi connectivity index (χ3n) is 1.51. The maximum absolute atomic E-state index is 11.4. The van der Waals surface area contributed by atoms with Gasteiger partial charge in [-0.1, -0.05) is 24.0 Å². The lowest BCUT2D eigenvalue weighted by Gasteiger charge is -2.17. The van der Waals surface area contributed by atoms with Crippen LogP contribution in [0.15, 0.2) is 0 Å². The second kappa shape index (κ2) is 4.20. The molecule has 1 amide bonds. The van der Waals surface area contributed by atoms with Gasteiger partial charge in [-0.3, -0.25) is 9.69 Å². The fraction of sp³-hybridized carbons (Fsp3) is 0.714. The first kappa shape index (κ1) is 9.95. The number of nitrogens with zero attached hydrogens (tertiary/aromatic N) is 2. The van der Waals surface area contributed by atoms with Gasteiger partial charge >= 0.3 is 0 Å². The Morgan fingerprint density at radius 3 is 2.83 bits per heavy atom. The number of hydrogen-bond acceptors (Lipinski definition) is 4. The Kier molecular flexibility index (Phi) is 3.49. The highest BCUT2D eigenvalue weighted by Gasteiger charge is 2.23. The van der Waals surface area contributed by atoms with E-state index in [1.165, 1.54) is 0 Å². The number of rotatable bonds is 2. The zero-order valence-corrected chi connectivity index (χ0v) is 8.87. The first-order valence-electron chi connectivity index (χ1n) is 3.73. The number of thiocarbonyl (C=S) groups is 1. The van der Waals surface area contributed by atoms with E-state index in [0.717, 1.165) is 16.6 Å². The van der Waals surface area contributed by atoms with Crippen LogP contribution in [0.2, 0.25) is 0 Å². The van der Waals surface area contributed by atoms with Crippen LogP contribution >= 0.6 is 24.0 Å². The van der Waals surface area contributed by atoms with Crippen LogP contribution in [0, 0.1) is 0 Å². The van der Waals surface area contributed by atoms with Crippen LogP contribution in [0.1, 0.15) is 0 Å². The van der Waals surface area contributed by atoms with Crippen molar-refractivity contribution in [3.63, 3.8) is 0 Å². The Morgan fingerprint density at radius 2 is 2.42 bits per heavy atom. The van der Waals surface area contributed by atoms with E-state index >= 15 is 0 Å². The maximum Gasteiger partial charge on any atom is 0.242 e. The third kappa shape index (κ3) is 2.43. The molecule has 0 radical (unpaired) electrons. The van der Waals surface area contributed by atoms with Crippen molar-refractivity contribution in [1.29, 1.82) is 0 Å². The summed E-state index contributed by atoms with van der Waals surface area (Å²) in [7, 11) is 3.76. The highest BCUT2D eigenvalue weighted by Crippen LogP contribution is 2.17. The topological polar surface area (TPSA) is 23.6 Å². The monoisotopic (exact) mass is 204 g/mol. The molecule has 1 fully saturated rings. The summed E-state index contributed by atoms with van der Waals surface area (Å²) in [5.41, 5.74) is 0. The largest absolute Gasteiger partial charge is 0.301 e. The van der Waals surface area contributed by atoms with E-state index in [2.05, 4.69) is 0 Å². The predicted molar refractivity (Wildman–Crippen MR) is 55.3 cm³/mol. The fourth-order valence-electron chi connectivity index (χ4n) is 0.976. The van der Waals surface area contributed by atoms with Crippen LogP contribution in [-0.4, -0.2) is 53.0 Å². The molecule has 0 spiro atoms. The van der Waals surface area contributed by atoms with E-state index < -0.39 is 0 Å². The van der Waals surface area contributed by atoms with Crippen LogP contribution in [0.5, 0.6) is 0 Å². The van der Waals surface area contributed by atoms with Crippen molar-refractivity contribution in [1.82, 2.24) is 9.80 Å². The van der Waals surface area contributed by atoms with Gasteiger partial charge in [0.2, 0.25) is 5.91 Å². The van der Waals surface area contributed by atoms with Gasteiger partial charge in [-0.15, -0.1) is 0 Å². The Bertz CT molecular complexity index is 206. The van der Waals surface area contributed by atoms with Crippen LogP contribution in [0.25, 0.3) is 0 Å². The number of carbonyl (C=O) groups excluding carboxylic acids is 1. The Balaban J connectivity index is 2.46. The Labute approximate surface area is 82.1 Å². The van der Waals surface area contributed by atoms with E-state index in [0.29, 0.717) is 6.54 Å². The van der Waals surface area contributed by atoms with Crippen molar-refractivity contribution in [3.8, 4) is 0 Å². The average molecular weight is 204 g/mol. The molecule has 68 valence electrons. The molecule has 0 aromatic heterocycles. The van der Waals surface area contributed by atoms with Gasteiger partial charge in [0.1, 0.15) is 4.32 Å². The highest BCUT2D eigenvalue weighted by molar-refractivity contribution is 8.23. The minimum absolute atomic E-state index is 0.106. The molecule has 0 aromatic carbocycles. The van der Waals surface area contributed by atoms with E-state index in [1.54, 1.807) is 16.7 Å². The van der Waals surface area contributed by atoms with Gasteiger partial charge in [0.25, 0.3) is 0 Å². The lowest BCUT2D eigenvalue weighted by molar-refractivity contribution is -0.127. The van der Waals surface area contributed by atoms with Crippen molar-refractivity contribution >= 4 is 34.2 Å². The van der Waals surface area contributed by atoms with E-state index in [4.69, 9.17) is 12.2 Å². The molecule has 1 aliphatic rings. The molecule has 0 aromatic rings. The van der Waals surface area contributed by atoms with E-state index in [1.807, 2.05) is 19.0 Å². The first-order valence-corrected chi connectivity index (χ1v) is 5.12. The van der Waals surface area contributed by atoms with Crippen molar-refractivity contribution in [2.24, 2.45) is 0 Å². The molecular weight excluding hydrogens is 192 g/mol. The number of hydrogen-bond donors (Lipinski definition) is 0. The molecule has 1 rings (SSSR count). The molecule has 0 atom stereocenters. The second-order valence-corrected chi connectivity index (χ2v) is 4.63. The summed E-state index contributed by atoms with van der Waals surface area (Å²) in [5.74, 6) is 1.05. The molecule has 1 aliphatic heterocycles. The van der Waals surface area contributed by atoms with Gasteiger partial charge < -0.3 is 4.90 Å². The van der Waals surface area contributed by atoms with Crippen molar-refractivity contribution < 1.29 is 4.79 Å². The minimum Gasteiger partial charge on any atom is -0.301 e. The van der Waals surface area contributed by atoms with Gasteiger partial charge in [-0.2, -0.15) is 0 Å². The van der Waals surface area contributed by atoms with E-state index in [9.17, 15) is 4.79 Å². The molecule has 0 N–H and O–H groups in total. The molecule has 1 saturated heterocycles. The molecule has 5 heteroatoms. The van der Waals surface area contributed by atoms with Crippen LogP contribution in [0.4, 0.5) is 0 Å². The normalized spacial score (nSPS) is 17.6. The summed E-state index contributed by atoms with van der Waals surface area (Å²) < 4.78 is 0.724. The number of likely N-dealkylation sites (N-methyl/N-ethyl adjacent to an activating group) is 1. The standard InChI is InChI=1S/C7H12N2OS2/c1-8(2)5-6(10)9-3-4-12-7(9)11/h3-5H2,1-2H3. The molecule has 0 saturated carbocycles. The minimum atomic E-state index is 0.106. The summed E-state index contributed by atoms with van der Waals surface area (Å²) in [6.45, 7) is 1.22. The molecule has 0 aliphatic carbocycles. The quantitative estimate of drug-likeness (QED) is 0.608. The zero-order valence-electron chi connectivity index (χ0n) is 7.24. The summed E-state index contributed by atoms with van der Waals surface area (Å²) >= 11 is 6.60. The van der Waals surface area contributed by atoms with Gasteiger partial charge in [-0.05, 0) is 14.1 Å². The van der Waals surface area contributed by atoms with Gasteiger partial charge in [0.15, 0.2) is 0 Å². The van der Waals surface area contributed by atoms with E-state index in [-0.39, 0.29) is 5.91 Å². The maximum atomic E-state index is 11.4. The first-order chi connectivity index (χ1) is 5.61. The molecule has 1 heterocycles. The number of thioether (sulfide) groups is 1. The van der Waals surface area contributed by atoms with Crippen LogP contribution in [-0.2, 0) is 4.79 Å². The predicted octanol–water partition coefficient (Wildman–Crippen LogP) is 0.408. The molecule has 12 heavy (non-hydrogen) atoms. The number of amides is 1. The third-order valence-corrected chi connectivity index (χ3v) is 2.94. The van der Waals surface area contributed by atoms with Crippen molar-refractivity contribution in [2.75, 3.05) is 32.9 Å². The van der Waals surface area contributed by atoms with Gasteiger partial charge in [-0.25, -0.2) is 0 Å². The summed E-state index contributed by atoms with van der Waals surface area (Å²) in [6, 6.07) is 0. The SMILES string of the molecule is CN(C)CC(=O)N1CCSC1=S. The number of carbonyl (C=O) groups is 1. The molecule has 0 bridgehead atoms. The lowest BCUT2D eigenvalue weighted by atomic mass is 10.5. The highest BCUT2D eigenvalue weighted by atomic mass is 32.2. The molecule has 3 nitrogen and oxygen atoms in total. The molecular formula is C7H12N2OS2. The Morgan fingerprint density at radius 1 is 1.75 bits per heavy atom. The summed E-state index contributed by atoms with van der Waals surface area (Å²) in [4.78, 5) is 15.0. The second-order valence-electron chi connectivity index (χ2n) is 2.90. The van der Waals surface area contributed by atoms with Gasteiger partial charge in [0, 0.05) is 12.3 Å². The van der Waals surface area contributed by atoms with Crippen molar-refractivity contribution in [2.45, 2.75) is 0 Å². The smallest absolute Gasteiger partial charge is 0.242 e.